The van der Waals surface area contributed by atoms with Crippen LogP contribution >= 0.6 is 22.6 Å². The van der Waals surface area contributed by atoms with Crippen LogP contribution in [0.3, 0.4) is 0 Å². The van der Waals surface area contributed by atoms with Gasteiger partial charge in [-0.05, 0) is 41.6 Å². The summed E-state index contributed by atoms with van der Waals surface area (Å²) in [7, 11) is 0. The minimum atomic E-state index is -0.264. The summed E-state index contributed by atoms with van der Waals surface area (Å²) < 4.78 is 2.05. The smallest absolute Gasteiger partial charge is 0.276 e. The predicted octanol–water partition coefficient (Wildman–Crippen LogP) is 1.34. The molecule has 16 heavy (non-hydrogen) atoms. The van der Waals surface area contributed by atoms with Crippen LogP contribution in [-0.4, -0.2) is 15.6 Å². The zero-order valence-electron chi connectivity index (χ0n) is 8.74. The van der Waals surface area contributed by atoms with E-state index in [1.54, 1.807) is 0 Å². The molecule has 6 heteroatoms. The molecule has 0 unspecified atom stereocenters. The van der Waals surface area contributed by atoms with Gasteiger partial charge >= 0.3 is 0 Å². The molecule has 1 aromatic rings. The third-order valence-electron chi connectivity index (χ3n) is 2.81. The number of imidazole rings is 1. The van der Waals surface area contributed by atoms with Crippen LogP contribution in [0.25, 0.3) is 0 Å². The molecule has 1 aromatic heterocycles. The number of halogens is 1. The molecule has 3 N–H and O–H groups in total. The van der Waals surface area contributed by atoms with Gasteiger partial charge in [0.2, 0.25) is 0 Å². The molecule has 1 aliphatic rings. The first-order chi connectivity index (χ1) is 7.65. The molecule has 2 rings (SSSR count). The lowest BCUT2D eigenvalue weighted by Gasteiger charge is -2.24. The Balaban J connectivity index is 2.34. The average molecular weight is 332 g/mol. The Bertz CT molecular complexity index is 436. The maximum atomic E-state index is 11.7. The molecule has 0 atom stereocenters. The maximum absolute atomic E-state index is 11.7. The van der Waals surface area contributed by atoms with E-state index in [0.29, 0.717) is 15.3 Å². The van der Waals surface area contributed by atoms with E-state index in [0.717, 1.165) is 18.7 Å². The lowest BCUT2D eigenvalue weighted by molar-refractivity contribution is 0.0961. The number of nitrogen functional groups attached to an aromatic ring is 1. The van der Waals surface area contributed by atoms with E-state index in [4.69, 9.17) is 5.84 Å². The second-order valence-corrected chi connectivity index (χ2v) is 4.81. The van der Waals surface area contributed by atoms with Crippen molar-refractivity contribution in [2.75, 3.05) is 5.84 Å². The molecule has 1 heterocycles. The molecule has 0 aromatic carbocycles. The van der Waals surface area contributed by atoms with Crippen molar-refractivity contribution in [3.8, 4) is 0 Å². The molecular weight excluding hydrogens is 319 g/mol. The number of aromatic nitrogens is 2. The average Bonchev–Trinajstić information content (AvgIpc) is 2.40. The number of nitrogens with one attached hydrogen (secondary N) is 1. The first-order valence-electron chi connectivity index (χ1n) is 5.10. The molecule has 1 aliphatic carbocycles. The highest BCUT2D eigenvalue weighted by atomic mass is 127. The Morgan fingerprint density at radius 1 is 1.69 bits per heavy atom. The van der Waals surface area contributed by atoms with Crippen molar-refractivity contribution in [1.29, 1.82) is 0 Å². The lowest BCUT2D eigenvalue weighted by atomic mass is 9.85. The van der Waals surface area contributed by atoms with Crippen molar-refractivity contribution < 1.29 is 4.79 Å². The van der Waals surface area contributed by atoms with E-state index in [1.165, 1.54) is 17.3 Å². The van der Waals surface area contributed by atoms with E-state index in [-0.39, 0.29) is 5.91 Å². The SMILES string of the molecule is C=CNC(=O)c1c(I)nc(C2CCC2)n1N. The minimum Gasteiger partial charge on any atom is -0.337 e. The molecule has 0 spiro atoms. The van der Waals surface area contributed by atoms with Gasteiger partial charge in [0.25, 0.3) is 5.91 Å². The standard InChI is InChI=1S/C10H13IN4O/c1-2-13-10(16)7-8(11)14-9(15(7)12)6-4-3-5-6/h2,6H,1,3-5,12H2,(H,13,16). The second-order valence-electron chi connectivity index (χ2n) is 3.78. The van der Waals surface area contributed by atoms with Gasteiger partial charge in [-0.1, -0.05) is 13.0 Å². The number of hydrogen-bond acceptors (Lipinski definition) is 3. The number of carbonyl (C=O) groups is 1. The second kappa shape index (κ2) is 4.44. The first kappa shape index (κ1) is 11.4. The van der Waals surface area contributed by atoms with Gasteiger partial charge in [0.05, 0.1) is 0 Å². The van der Waals surface area contributed by atoms with E-state index in [2.05, 4.69) is 16.9 Å². The fraction of sp³-hybridized carbons (Fsp3) is 0.400. The quantitative estimate of drug-likeness (QED) is 0.648. The Morgan fingerprint density at radius 3 is 2.88 bits per heavy atom. The summed E-state index contributed by atoms with van der Waals surface area (Å²) in [6.45, 7) is 3.45. The summed E-state index contributed by atoms with van der Waals surface area (Å²) in [5.74, 6) is 6.85. The van der Waals surface area contributed by atoms with E-state index >= 15 is 0 Å². The van der Waals surface area contributed by atoms with E-state index in [1.807, 2.05) is 22.6 Å². The van der Waals surface area contributed by atoms with Crippen LogP contribution in [0.5, 0.6) is 0 Å². The van der Waals surface area contributed by atoms with Gasteiger partial charge in [-0.25, -0.2) is 9.66 Å². The third-order valence-corrected chi connectivity index (χ3v) is 3.57. The van der Waals surface area contributed by atoms with Crippen molar-refractivity contribution in [2.45, 2.75) is 25.2 Å². The fourth-order valence-corrected chi connectivity index (χ4v) is 2.49. The molecule has 5 nitrogen and oxygen atoms in total. The van der Waals surface area contributed by atoms with E-state index in [9.17, 15) is 4.79 Å². The first-order valence-corrected chi connectivity index (χ1v) is 6.18. The largest absolute Gasteiger partial charge is 0.337 e. The number of amides is 1. The van der Waals surface area contributed by atoms with Gasteiger partial charge in [0.15, 0.2) is 5.69 Å². The van der Waals surface area contributed by atoms with E-state index < -0.39 is 0 Å². The Labute approximate surface area is 107 Å². The van der Waals surface area contributed by atoms with Crippen molar-refractivity contribution >= 4 is 28.5 Å². The van der Waals surface area contributed by atoms with Crippen LogP contribution in [0, 0.1) is 3.70 Å². The summed E-state index contributed by atoms with van der Waals surface area (Å²) in [5.41, 5.74) is 0.405. The van der Waals surface area contributed by atoms with Crippen molar-refractivity contribution in [1.82, 2.24) is 15.0 Å². The van der Waals surface area contributed by atoms with Crippen LogP contribution < -0.4 is 11.2 Å². The van der Waals surface area contributed by atoms with Crippen LogP contribution in [-0.2, 0) is 0 Å². The molecule has 0 saturated heterocycles. The summed E-state index contributed by atoms with van der Waals surface area (Å²) in [6.07, 6.45) is 4.76. The zero-order chi connectivity index (χ0) is 11.7. The Morgan fingerprint density at radius 2 is 2.38 bits per heavy atom. The molecule has 86 valence electrons. The normalized spacial score (nSPS) is 15.6. The minimum absolute atomic E-state index is 0.264. The molecule has 1 amide bonds. The van der Waals surface area contributed by atoms with Crippen molar-refractivity contribution in [2.24, 2.45) is 0 Å². The predicted molar refractivity (Wildman–Crippen MR) is 69.3 cm³/mol. The van der Waals surface area contributed by atoms with Crippen LogP contribution in [0.2, 0.25) is 0 Å². The highest BCUT2D eigenvalue weighted by molar-refractivity contribution is 14.1. The Kier molecular flexibility index (Phi) is 3.17. The monoisotopic (exact) mass is 332 g/mol. The molecular formula is C10H13IN4O. The van der Waals surface area contributed by atoms with Crippen LogP contribution in [0.1, 0.15) is 41.5 Å². The fourth-order valence-electron chi connectivity index (χ4n) is 1.74. The summed E-state index contributed by atoms with van der Waals surface area (Å²) in [5, 5.41) is 2.51. The number of rotatable bonds is 3. The van der Waals surface area contributed by atoms with Gasteiger partial charge in [0, 0.05) is 5.92 Å². The highest BCUT2D eigenvalue weighted by Crippen LogP contribution is 2.35. The van der Waals surface area contributed by atoms with Gasteiger partial charge < -0.3 is 11.2 Å². The maximum Gasteiger partial charge on any atom is 0.276 e. The van der Waals surface area contributed by atoms with Gasteiger partial charge in [-0.2, -0.15) is 0 Å². The third kappa shape index (κ3) is 1.81. The summed E-state index contributed by atoms with van der Waals surface area (Å²) in [6, 6.07) is 0. The highest BCUT2D eigenvalue weighted by Gasteiger charge is 2.28. The Hall–Kier alpha value is -1.05. The molecule has 0 bridgehead atoms. The zero-order valence-corrected chi connectivity index (χ0v) is 10.9. The van der Waals surface area contributed by atoms with Crippen molar-refractivity contribution in [3.05, 3.63) is 28.0 Å². The molecule has 1 saturated carbocycles. The topological polar surface area (TPSA) is 72.9 Å². The molecule has 0 aliphatic heterocycles. The van der Waals surface area contributed by atoms with Gasteiger partial charge in [0.1, 0.15) is 9.53 Å². The molecule has 0 radical (unpaired) electrons. The van der Waals surface area contributed by atoms with Crippen molar-refractivity contribution in [3.63, 3.8) is 0 Å². The van der Waals surface area contributed by atoms with Crippen LogP contribution in [0.4, 0.5) is 0 Å². The number of hydrogen-bond donors (Lipinski definition) is 2. The summed E-state index contributed by atoms with van der Waals surface area (Å²) >= 11 is 2.03. The van der Waals surface area contributed by atoms with Gasteiger partial charge in [-0.15, -0.1) is 0 Å². The summed E-state index contributed by atoms with van der Waals surface area (Å²) in [4.78, 5) is 16.1. The lowest BCUT2D eigenvalue weighted by Crippen LogP contribution is -2.28. The number of nitrogens with zero attached hydrogens (tertiary/aromatic N) is 2. The number of carbonyl (C=O) groups excluding carboxylic acids is 1. The number of nitrogens with two attached hydrogens (primary N) is 1. The van der Waals surface area contributed by atoms with Gasteiger partial charge in [-0.3, -0.25) is 4.79 Å². The molecule has 1 fully saturated rings. The van der Waals surface area contributed by atoms with Crippen LogP contribution in [0.15, 0.2) is 12.8 Å².